The van der Waals surface area contributed by atoms with Crippen LogP contribution in [0.1, 0.15) is 35.0 Å². The number of rotatable bonds is 12. The standard InChI is InChI=1S/C40H38F5N3O3S/c1-51-22-21-46-19-17-32(18-20-46)47(24-27-9-11-28(12-10-27)29-13-15-31(16-14-29)40(43,44)45)37(50)25-48-35-8-3-2-6-33(35)36(49)23-38(48)52-26-30-5-4-7-34(41)39(30)42/h2-16,23,32H,17-22,24-26H2,1H3/i21D2,22D2. The third-order valence-corrected chi connectivity index (χ3v) is 10.2. The first-order valence-corrected chi connectivity index (χ1v) is 17.5. The molecule has 0 N–H and O–H groups in total. The Kier molecular flexibility index (Phi) is 10.2. The number of carbonyl (C=O) groups excluding carboxylic acids is 1. The van der Waals surface area contributed by atoms with Crippen molar-refractivity contribution in [3.05, 3.63) is 136 Å². The van der Waals surface area contributed by atoms with Gasteiger partial charge in [-0.1, -0.05) is 60.7 Å². The molecular formula is C40H38F5N3O3S. The maximum Gasteiger partial charge on any atom is 0.416 e. The van der Waals surface area contributed by atoms with Crippen LogP contribution in [0.4, 0.5) is 22.0 Å². The van der Waals surface area contributed by atoms with Gasteiger partial charge in [0.2, 0.25) is 5.91 Å². The summed E-state index contributed by atoms with van der Waals surface area (Å²) in [7, 11) is 1.09. The lowest BCUT2D eigenvalue weighted by atomic mass is 10.00. The summed E-state index contributed by atoms with van der Waals surface area (Å²) in [5.41, 5.74) is 1.42. The number of likely N-dealkylation sites (tertiary alicyclic amines) is 1. The Morgan fingerprint density at radius 1 is 0.942 bits per heavy atom. The van der Waals surface area contributed by atoms with Gasteiger partial charge in [0.1, 0.15) is 6.54 Å². The number of para-hydroxylation sites is 1. The Morgan fingerprint density at radius 2 is 1.62 bits per heavy atom. The van der Waals surface area contributed by atoms with Crippen molar-refractivity contribution in [2.45, 2.75) is 48.9 Å². The topological polar surface area (TPSA) is 54.8 Å². The van der Waals surface area contributed by atoms with Gasteiger partial charge in [-0.25, -0.2) is 8.78 Å². The number of methoxy groups -OCH3 is 1. The number of pyridine rings is 1. The summed E-state index contributed by atoms with van der Waals surface area (Å²) >= 11 is 1.08. The van der Waals surface area contributed by atoms with Crippen molar-refractivity contribution >= 4 is 28.6 Å². The minimum absolute atomic E-state index is 0.0278. The van der Waals surface area contributed by atoms with E-state index in [1.807, 2.05) is 0 Å². The van der Waals surface area contributed by atoms with Crippen LogP contribution in [0.2, 0.25) is 0 Å². The number of piperidine rings is 1. The van der Waals surface area contributed by atoms with Crippen molar-refractivity contribution in [2.24, 2.45) is 0 Å². The van der Waals surface area contributed by atoms with Crippen LogP contribution in [-0.2, 0) is 34.6 Å². The van der Waals surface area contributed by atoms with Gasteiger partial charge >= 0.3 is 6.18 Å². The minimum Gasteiger partial charge on any atom is -0.383 e. The molecular weight excluding hydrogens is 698 g/mol. The molecule has 2 heterocycles. The molecule has 1 fully saturated rings. The van der Waals surface area contributed by atoms with Gasteiger partial charge in [0.25, 0.3) is 0 Å². The number of nitrogens with zero attached hydrogens (tertiary/aromatic N) is 3. The molecule has 1 aromatic heterocycles. The van der Waals surface area contributed by atoms with Gasteiger partial charge in [-0.15, -0.1) is 11.8 Å². The lowest BCUT2D eigenvalue weighted by Crippen LogP contribution is -2.48. The van der Waals surface area contributed by atoms with Crippen molar-refractivity contribution in [1.29, 1.82) is 0 Å². The van der Waals surface area contributed by atoms with E-state index in [1.54, 1.807) is 58.0 Å². The van der Waals surface area contributed by atoms with E-state index in [0.717, 1.165) is 37.1 Å². The second kappa shape index (κ2) is 16.4. The van der Waals surface area contributed by atoms with Gasteiger partial charge in [0.05, 0.1) is 25.4 Å². The lowest BCUT2D eigenvalue weighted by molar-refractivity contribution is -0.137. The first-order chi connectivity index (χ1) is 26.5. The molecule has 0 aliphatic carbocycles. The van der Waals surface area contributed by atoms with E-state index >= 15 is 0 Å². The molecule has 12 heteroatoms. The van der Waals surface area contributed by atoms with Gasteiger partial charge in [0, 0.05) is 64.8 Å². The van der Waals surface area contributed by atoms with E-state index in [0.29, 0.717) is 45.5 Å². The monoisotopic (exact) mass is 739 g/mol. The molecule has 0 unspecified atom stereocenters. The predicted octanol–water partition coefficient (Wildman–Crippen LogP) is 8.40. The Balaban J connectivity index is 1.31. The highest BCUT2D eigenvalue weighted by Crippen LogP contribution is 2.32. The fraction of sp³-hybridized carbons (Fsp3) is 0.300. The van der Waals surface area contributed by atoms with Crippen LogP contribution >= 0.6 is 11.8 Å². The van der Waals surface area contributed by atoms with Crippen LogP contribution in [0, 0.1) is 11.6 Å². The number of ether oxygens (including phenoxy) is 1. The number of benzene rings is 4. The van der Waals surface area contributed by atoms with Crippen LogP contribution in [0.5, 0.6) is 0 Å². The van der Waals surface area contributed by atoms with Crippen molar-refractivity contribution < 1.29 is 37.0 Å². The summed E-state index contributed by atoms with van der Waals surface area (Å²) in [6.45, 7) is -4.98. The molecule has 1 amide bonds. The summed E-state index contributed by atoms with van der Waals surface area (Å²) in [5, 5.41) is 0.714. The smallest absolute Gasteiger partial charge is 0.383 e. The number of amides is 1. The number of alkyl halides is 3. The molecule has 0 spiro atoms. The molecule has 4 aromatic carbocycles. The molecule has 272 valence electrons. The maximum atomic E-state index is 14.6. The normalized spacial score (nSPS) is 15.9. The zero-order valence-corrected chi connectivity index (χ0v) is 28.9. The predicted molar refractivity (Wildman–Crippen MR) is 193 cm³/mol. The van der Waals surface area contributed by atoms with Crippen LogP contribution in [-0.4, -0.2) is 59.6 Å². The van der Waals surface area contributed by atoms with Crippen molar-refractivity contribution in [3.8, 4) is 11.1 Å². The molecule has 0 radical (unpaired) electrons. The van der Waals surface area contributed by atoms with Gasteiger partial charge in [-0.2, -0.15) is 13.2 Å². The molecule has 5 aromatic rings. The lowest BCUT2D eigenvalue weighted by Gasteiger charge is -2.39. The Hall–Kier alpha value is -4.52. The van der Waals surface area contributed by atoms with E-state index in [1.165, 1.54) is 35.2 Å². The van der Waals surface area contributed by atoms with E-state index in [9.17, 15) is 31.5 Å². The first-order valence-electron chi connectivity index (χ1n) is 18.5. The highest BCUT2D eigenvalue weighted by atomic mass is 32.2. The van der Waals surface area contributed by atoms with E-state index in [-0.39, 0.29) is 48.8 Å². The second-order valence-corrected chi connectivity index (χ2v) is 13.4. The quantitative estimate of drug-likeness (QED) is 0.0951. The largest absolute Gasteiger partial charge is 0.416 e. The maximum absolute atomic E-state index is 14.6. The van der Waals surface area contributed by atoms with Crippen molar-refractivity contribution in [2.75, 3.05) is 33.3 Å². The van der Waals surface area contributed by atoms with Crippen molar-refractivity contribution in [3.63, 3.8) is 0 Å². The number of aromatic nitrogens is 1. The minimum atomic E-state index is -4.47. The molecule has 0 bridgehead atoms. The highest BCUT2D eigenvalue weighted by molar-refractivity contribution is 7.98. The summed E-state index contributed by atoms with van der Waals surface area (Å²) < 4.78 is 108. The van der Waals surface area contributed by atoms with Crippen LogP contribution in [0.15, 0.2) is 107 Å². The first kappa shape index (κ1) is 32.2. The number of hydrogen-bond donors (Lipinski definition) is 0. The summed E-state index contributed by atoms with van der Waals surface area (Å²) in [6, 6.07) is 23.4. The van der Waals surface area contributed by atoms with E-state index in [4.69, 9.17) is 10.2 Å². The molecule has 0 saturated carbocycles. The third kappa shape index (κ3) is 8.74. The number of hydrogen-bond acceptors (Lipinski definition) is 5. The number of thioether (sulfide) groups is 1. The van der Waals surface area contributed by atoms with Gasteiger partial charge in [-0.3, -0.25) is 9.59 Å². The van der Waals surface area contributed by atoms with Crippen LogP contribution in [0.3, 0.4) is 0 Å². The molecule has 6 rings (SSSR count). The number of fused-ring (bicyclic) bond motifs is 1. The zero-order valence-electron chi connectivity index (χ0n) is 32.1. The van der Waals surface area contributed by atoms with Gasteiger partial charge in [-0.05, 0) is 59.9 Å². The highest BCUT2D eigenvalue weighted by Gasteiger charge is 2.31. The Bertz CT molecular complexity index is 2250. The third-order valence-electron chi connectivity index (χ3n) is 9.07. The van der Waals surface area contributed by atoms with E-state index in [2.05, 4.69) is 0 Å². The fourth-order valence-electron chi connectivity index (χ4n) is 6.30. The average Bonchev–Trinajstić information content (AvgIpc) is 3.18. The van der Waals surface area contributed by atoms with E-state index < -0.39 is 42.5 Å². The molecule has 1 saturated heterocycles. The summed E-state index contributed by atoms with van der Waals surface area (Å²) in [4.78, 5) is 30.8. The molecule has 6 nitrogen and oxygen atoms in total. The average molecular weight is 740 g/mol. The Labute approximate surface area is 308 Å². The molecule has 1 aliphatic rings. The van der Waals surface area contributed by atoms with Gasteiger partial charge < -0.3 is 19.1 Å². The van der Waals surface area contributed by atoms with Crippen molar-refractivity contribution in [1.82, 2.24) is 14.4 Å². The van der Waals surface area contributed by atoms with Crippen LogP contribution < -0.4 is 5.43 Å². The van der Waals surface area contributed by atoms with Gasteiger partial charge in [0.15, 0.2) is 17.1 Å². The SMILES string of the molecule is [2H]C([2H])(OC)C([2H])([2H])N1CCC(N(Cc2ccc(-c3ccc(C(F)(F)F)cc3)cc2)C(=O)Cn2c(SCc3cccc(F)c3F)cc(=O)c3ccccc32)CC1. The number of halogens is 5. The summed E-state index contributed by atoms with van der Waals surface area (Å²) in [5.74, 6) is -2.39. The van der Waals surface area contributed by atoms with Crippen LogP contribution in [0.25, 0.3) is 22.0 Å². The second-order valence-electron chi connectivity index (χ2n) is 12.4. The Morgan fingerprint density at radius 3 is 2.29 bits per heavy atom. The fourth-order valence-corrected chi connectivity index (χ4v) is 7.33. The number of carbonyl (C=O) groups is 1. The molecule has 1 aliphatic heterocycles. The molecule has 52 heavy (non-hydrogen) atoms. The molecule has 0 atom stereocenters. The zero-order chi connectivity index (χ0) is 40.4. The summed E-state index contributed by atoms with van der Waals surface area (Å²) in [6.07, 6.45) is -3.88.